The fraction of sp³-hybridized carbons (Fsp3) is 0.417. The maximum atomic E-state index is 11.9. The average Bonchev–Trinajstić information content (AvgIpc) is 2.94. The molecule has 17 heavy (non-hydrogen) atoms. The molecule has 1 saturated heterocycles. The lowest BCUT2D eigenvalue weighted by Gasteiger charge is -2.13. The van der Waals surface area contributed by atoms with Gasteiger partial charge in [-0.2, -0.15) is 0 Å². The molecule has 5 heteroatoms. The second kappa shape index (κ2) is 5.80. The van der Waals surface area contributed by atoms with E-state index in [0.29, 0.717) is 12.5 Å². The van der Waals surface area contributed by atoms with Gasteiger partial charge in [-0.1, -0.05) is 0 Å². The van der Waals surface area contributed by atoms with Crippen LogP contribution >= 0.6 is 27.3 Å². The SMILES string of the molecule is NCC1CCN(C(=O)/C=C/c2ccc(Br)s2)C1. The lowest BCUT2D eigenvalue weighted by molar-refractivity contribution is -0.125. The van der Waals surface area contributed by atoms with Crippen molar-refractivity contribution in [2.24, 2.45) is 11.7 Å². The Balaban J connectivity index is 1.91. The second-order valence-electron chi connectivity index (χ2n) is 4.15. The first-order valence-electron chi connectivity index (χ1n) is 5.61. The van der Waals surface area contributed by atoms with E-state index in [9.17, 15) is 4.79 Å². The van der Waals surface area contributed by atoms with Crippen LogP contribution in [0.5, 0.6) is 0 Å². The van der Waals surface area contributed by atoms with Crippen molar-refractivity contribution in [3.63, 3.8) is 0 Å². The summed E-state index contributed by atoms with van der Waals surface area (Å²) in [5.41, 5.74) is 5.60. The highest BCUT2D eigenvalue weighted by atomic mass is 79.9. The van der Waals surface area contributed by atoms with Gasteiger partial charge in [0.2, 0.25) is 5.91 Å². The first-order chi connectivity index (χ1) is 8.19. The third-order valence-electron chi connectivity index (χ3n) is 2.92. The number of halogens is 1. The van der Waals surface area contributed by atoms with E-state index >= 15 is 0 Å². The van der Waals surface area contributed by atoms with Gasteiger partial charge in [0.1, 0.15) is 0 Å². The predicted molar refractivity (Wildman–Crippen MR) is 74.8 cm³/mol. The molecule has 0 spiro atoms. The number of nitrogens with two attached hydrogens (primary N) is 1. The predicted octanol–water partition coefficient (Wildman–Crippen LogP) is 2.33. The van der Waals surface area contributed by atoms with Crippen LogP contribution in [0, 0.1) is 5.92 Å². The average molecular weight is 315 g/mol. The van der Waals surface area contributed by atoms with Gasteiger partial charge < -0.3 is 10.6 Å². The van der Waals surface area contributed by atoms with Gasteiger partial charge in [-0.15, -0.1) is 11.3 Å². The van der Waals surface area contributed by atoms with Crippen molar-refractivity contribution in [3.8, 4) is 0 Å². The third-order valence-corrected chi connectivity index (χ3v) is 4.50. The summed E-state index contributed by atoms with van der Waals surface area (Å²) in [6.07, 6.45) is 4.55. The molecule has 1 unspecified atom stereocenters. The van der Waals surface area contributed by atoms with Gasteiger partial charge in [0, 0.05) is 24.0 Å². The molecule has 0 aliphatic carbocycles. The van der Waals surface area contributed by atoms with Gasteiger partial charge in [0.05, 0.1) is 3.79 Å². The number of rotatable bonds is 3. The van der Waals surface area contributed by atoms with Crippen LogP contribution in [0.15, 0.2) is 22.0 Å². The van der Waals surface area contributed by atoms with Crippen molar-refractivity contribution >= 4 is 39.2 Å². The Morgan fingerprint density at radius 2 is 2.47 bits per heavy atom. The normalized spacial score (nSPS) is 20.4. The molecule has 1 aromatic rings. The van der Waals surface area contributed by atoms with Crippen LogP contribution in [-0.2, 0) is 4.79 Å². The van der Waals surface area contributed by atoms with E-state index in [1.165, 1.54) is 0 Å². The Labute approximate surface area is 113 Å². The minimum absolute atomic E-state index is 0.0884. The summed E-state index contributed by atoms with van der Waals surface area (Å²) in [5.74, 6) is 0.564. The van der Waals surface area contributed by atoms with Crippen molar-refractivity contribution in [2.75, 3.05) is 19.6 Å². The van der Waals surface area contributed by atoms with Gasteiger partial charge in [-0.25, -0.2) is 0 Å². The molecule has 0 radical (unpaired) electrons. The summed E-state index contributed by atoms with van der Waals surface area (Å²) in [5, 5.41) is 0. The molecule has 2 N–H and O–H groups in total. The van der Waals surface area contributed by atoms with Crippen LogP contribution in [0.1, 0.15) is 11.3 Å². The third kappa shape index (κ3) is 3.40. The molecular weight excluding hydrogens is 300 g/mol. The number of likely N-dealkylation sites (tertiary alicyclic amines) is 1. The van der Waals surface area contributed by atoms with Crippen molar-refractivity contribution in [1.82, 2.24) is 4.90 Å². The lowest BCUT2D eigenvalue weighted by Crippen LogP contribution is -2.28. The van der Waals surface area contributed by atoms with Crippen LogP contribution in [0.3, 0.4) is 0 Å². The number of nitrogens with zero attached hydrogens (tertiary/aromatic N) is 1. The molecule has 0 aromatic carbocycles. The minimum Gasteiger partial charge on any atom is -0.339 e. The highest BCUT2D eigenvalue weighted by molar-refractivity contribution is 9.11. The van der Waals surface area contributed by atoms with Gasteiger partial charge in [0.25, 0.3) is 0 Å². The van der Waals surface area contributed by atoms with Crippen LogP contribution < -0.4 is 5.73 Å². The van der Waals surface area contributed by atoms with Crippen LogP contribution in [0.25, 0.3) is 6.08 Å². The van der Waals surface area contributed by atoms with Crippen LogP contribution in [0.4, 0.5) is 0 Å². The maximum Gasteiger partial charge on any atom is 0.246 e. The van der Waals surface area contributed by atoms with Gasteiger partial charge in [-0.3, -0.25) is 4.79 Å². The van der Waals surface area contributed by atoms with Crippen molar-refractivity contribution in [3.05, 3.63) is 26.9 Å². The van der Waals surface area contributed by atoms with Crippen molar-refractivity contribution in [1.29, 1.82) is 0 Å². The number of amides is 1. The minimum atomic E-state index is 0.0884. The standard InChI is InChI=1S/C12H15BrN2OS/c13-11-3-1-10(17-11)2-4-12(16)15-6-5-9(7-14)8-15/h1-4,9H,5-8,14H2/b4-2+. The lowest BCUT2D eigenvalue weighted by atomic mass is 10.1. The van der Waals surface area contributed by atoms with E-state index in [4.69, 9.17) is 5.73 Å². The van der Waals surface area contributed by atoms with E-state index in [2.05, 4.69) is 15.9 Å². The quantitative estimate of drug-likeness (QED) is 0.870. The Bertz CT molecular complexity index is 430. The summed E-state index contributed by atoms with van der Waals surface area (Å²) in [7, 11) is 0. The van der Waals surface area contributed by atoms with E-state index in [1.807, 2.05) is 23.1 Å². The fourth-order valence-corrected chi connectivity index (χ4v) is 3.23. The summed E-state index contributed by atoms with van der Waals surface area (Å²) in [4.78, 5) is 14.8. The van der Waals surface area contributed by atoms with Gasteiger partial charge in [-0.05, 0) is 53.0 Å². The largest absolute Gasteiger partial charge is 0.339 e. The Morgan fingerprint density at radius 1 is 1.65 bits per heavy atom. The number of carbonyl (C=O) groups excluding carboxylic acids is 1. The molecule has 1 atom stereocenters. The van der Waals surface area contributed by atoms with E-state index < -0.39 is 0 Å². The molecule has 2 heterocycles. The number of thiophene rings is 1. The Hall–Kier alpha value is -0.650. The molecule has 1 aliphatic heterocycles. The first-order valence-corrected chi connectivity index (χ1v) is 7.22. The smallest absolute Gasteiger partial charge is 0.246 e. The molecule has 1 fully saturated rings. The van der Waals surface area contributed by atoms with Crippen molar-refractivity contribution < 1.29 is 4.79 Å². The van der Waals surface area contributed by atoms with E-state index in [0.717, 1.165) is 28.2 Å². The Morgan fingerprint density at radius 3 is 3.06 bits per heavy atom. The summed E-state index contributed by atoms with van der Waals surface area (Å²) in [6, 6.07) is 3.97. The van der Waals surface area contributed by atoms with Crippen molar-refractivity contribution in [2.45, 2.75) is 6.42 Å². The molecule has 0 bridgehead atoms. The number of hydrogen-bond acceptors (Lipinski definition) is 3. The highest BCUT2D eigenvalue weighted by Crippen LogP contribution is 2.23. The molecular formula is C12H15BrN2OS. The monoisotopic (exact) mass is 314 g/mol. The number of carbonyl (C=O) groups is 1. The van der Waals surface area contributed by atoms with Crippen LogP contribution in [-0.4, -0.2) is 30.4 Å². The molecule has 3 nitrogen and oxygen atoms in total. The highest BCUT2D eigenvalue weighted by Gasteiger charge is 2.23. The molecule has 1 aromatic heterocycles. The first kappa shape index (κ1) is 12.8. The molecule has 1 amide bonds. The fourth-order valence-electron chi connectivity index (χ4n) is 1.90. The second-order valence-corrected chi connectivity index (χ2v) is 6.64. The van der Waals surface area contributed by atoms with Gasteiger partial charge >= 0.3 is 0 Å². The summed E-state index contributed by atoms with van der Waals surface area (Å²) in [6.45, 7) is 2.30. The maximum absolute atomic E-state index is 11.9. The molecule has 2 rings (SSSR count). The molecule has 0 saturated carbocycles. The topological polar surface area (TPSA) is 46.3 Å². The zero-order valence-corrected chi connectivity index (χ0v) is 11.8. The number of hydrogen-bond donors (Lipinski definition) is 1. The zero-order valence-electron chi connectivity index (χ0n) is 9.43. The van der Waals surface area contributed by atoms with E-state index in [-0.39, 0.29) is 5.91 Å². The summed E-state index contributed by atoms with van der Waals surface area (Å²) >= 11 is 5.01. The summed E-state index contributed by atoms with van der Waals surface area (Å²) < 4.78 is 1.08. The Kier molecular flexibility index (Phi) is 4.36. The van der Waals surface area contributed by atoms with Crippen LogP contribution in [0.2, 0.25) is 0 Å². The molecule has 1 aliphatic rings. The zero-order chi connectivity index (χ0) is 12.3. The van der Waals surface area contributed by atoms with Gasteiger partial charge in [0.15, 0.2) is 0 Å². The molecule has 92 valence electrons. The van der Waals surface area contributed by atoms with E-state index in [1.54, 1.807) is 17.4 Å².